The second-order valence-electron chi connectivity index (χ2n) is 8.57. The van der Waals surface area contributed by atoms with E-state index in [2.05, 4.69) is 26.6 Å². The summed E-state index contributed by atoms with van der Waals surface area (Å²) in [5.41, 5.74) is 7.26. The summed E-state index contributed by atoms with van der Waals surface area (Å²) in [5.74, 6) is 1.68. The minimum absolute atomic E-state index is 0.0877. The van der Waals surface area contributed by atoms with Crippen molar-refractivity contribution < 1.29 is 9.15 Å². The Morgan fingerprint density at radius 1 is 1.21 bits per heavy atom. The molecule has 7 nitrogen and oxygen atoms in total. The fraction of sp³-hybridized carbons (Fsp3) is 0.375. The van der Waals surface area contributed by atoms with E-state index in [9.17, 15) is 0 Å². The molecule has 0 saturated carbocycles. The molecule has 4 heterocycles. The van der Waals surface area contributed by atoms with Gasteiger partial charge in [0.25, 0.3) is 0 Å². The van der Waals surface area contributed by atoms with Crippen molar-refractivity contribution in [1.29, 1.82) is 0 Å². The molecule has 0 bridgehead atoms. The first-order chi connectivity index (χ1) is 16.0. The van der Waals surface area contributed by atoms with Gasteiger partial charge in [-0.1, -0.05) is 29.4 Å². The lowest BCUT2D eigenvalue weighted by Crippen LogP contribution is -2.50. The topological polar surface area (TPSA) is 81.8 Å². The molecule has 1 spiro atoms. The standard InChI is InChI=1S/C24H24ClN5O2S/c1-15-23(26)24(14-31-15)8-10-30(11-9-24)19-12-29-21(13-28-19)33-18-5-3-4-16(22(18)25)17-6-7-20(27-2)32-17/h3-7,12-13,15,23H,8-11,14,26H2,1H3/t15-,23+/m0/s1. The molecular formula is C24H24ClN5O2S. The molecule has 3 aromatic rings. The maximum atomic E-state index is 7.08. The van der Waals surface area contributed by atoms with Crippen molar-refractivity contribution in [3.8, 4) is 11.3 Å². The lowest BCUT2D eigenvalue weighted by Gasteiger charge is -2.41. The summed E-state index contributed by atoms with van der Waals surface area (Å²) in [6.45, 7) is 11.7. The van der Waals surface area contributed by atoms with Gasteiger partial charge in [-0.15, -0.1) is 0 Å². The van der Waals surface area contributed by atoms with E-state index in [1.807, 2.05) is 24.4 Å². The molecule has 1 aromatic carbocycles. The molecule has 0 amide bonds. The number of anilines is 1. The van der Waals surface area contributed by atoms with Crippen LogP contribution in [0, 0.1) is 12.0 Å². The van der Waals surface area contributed by atoms with Gasteiger partial charge in [-0.2, -0.15) is 4.85 Å². The average molecular weight is 482 g/mol. The molecule has 0 unspecified atom stereocenters. The van der Waals surface area contributed by atoms with Gasteiger partial charge in [-0.25, -0.2) is 9.97 Å². The predicted octanol–water partition coefficient (Wildman–Crippen LogP) is 5.42. The Kier molecular flexibility index (Phi) is 6.06. The van der Waals surface area contributed by atoms with Crippen LogP contribution in [0.2, 0.25) is 5.02 Å². The molecule has 9 heteroatoms. The quantitative estimate of drug-likeness (QED) is 0.498. The van der Waals surface area contributed by atoms with Gasteiger partial charge in [-0.3, -0.25) is 0 Å². The first-order valence-corrected chi connectivity index (χ1v) is 12.1. The number of nitrogens with zero attached hydrogens (tertiary/aromatic N) is 4. The zero-order valence-corrected chi connectivity index (χ0v) is 19.8. The van der Waals surface area contributed by atoms with Gasteiger partial charge in [0.15, 0.2) is 0 Å². The highest BCUT2D eigenvalue weighted by Gasteiger charge is 2.47. The van der Waals surface area contributed by atoms with E-state index in [4.69, 9.17) is 33.1 Å². The summed E-state index contributed by atoms with van der Waals surface area (Å²) < 4.78 is 11.4. The van der Waals surface area contributed by atoms with Gasteiger partial charge >= 0.3 is 5.88 Å². The van der Waals surface area contributed by atoms with Crippen LogP contribution in [-0.2, 0) is 4.74 Å². The van der Waals surface area contributed by atoms with Crippen LogP contribution in [0.1, 0.15) is 19.8 Å². The first kappa shape index (κ1) is 22.2. The van der Waals surface area contributed by atoms with Crippen molar-refractivity contribution in [3.05, 3.63) is 59.2 Å². The van der Waals surface area contributed by atoms with Crippen LogP contribution in [0.4, 0.5) is 11.7 Å². The molecule has 0 aliphatic carbocycles. The molecule has 0 radical (unpaired) electrons. The lowest BCUT2D eigenvalue weighted by atomic mass is 9.73. The summed E-state index contributed by atoms with van der Waals surface area (Å²) in [6, 6.07) is 9.21. The Morgan fingerprint density at radius 2 is 2.03 bits per heavy atom. The summed E-state index contributed by atoms with van der Waals surface area (Å²) in [7, 11) is 0. The Labute approximate surface area is 202 Å². The van der Waals surface area contributed by atoms with E-state index in [0.717, 1.165) is 53.8 Å². The van der Waals surface area contributed by atoms with Gasteiger partial charge in [0.1, 0.15) is 16.6 Å². The maximum Gasteiger partial charge on any atom is 0.346 e. The number of halogens is 1. The van der Waals surface area contributed by atoms with Crippen molar-refractivity contribution >= 4 is 35.1 Å². The zero-order chi connectivity index (χ0) is 23.0. The number of hydrogen-bond acceptors (Lipinski definition) is 7. The second kappa shape index (κ2) is 8.99. The molecule has 5 rings (SSSR count). The van der Waals surface area contributed by atoms with Crippen LogP contribution in [-0.4, -0.2) is 41.8 Å². The molecule has 170 valence electrons. The maximum absolute atomic E-state index is 7.08. The van der Waals surface area contributed by atoms with E-state index < -0.39 is 0 Å². The van der Waals surface area contributed by atoms with Crippen LogP contribution in [0.3, 0.4) is 0 Å². The Balaban J connectivity index is 1.27. The summed E-state index contributed by atoms with van der Waals surface area (Å²) >= 11 is 8.09. The summed E-state index contributed by atoms with van der Waals surface area (Å²) in [6.07, 6.45) is 5.73. The van der Waals surface area contributed by atoms with Crippen molar-refractivity contribution in [1.82, 2.24) is 9.97 Å². The molecule has 2 aliphatic rings. The zero-order valence-electron chi connectivity index (χ0n) is 18.2. The summed E-state index contributed by atoms with van der Waals surface area (Å²) in [5, 5.41) is 1.32. The van der Waals surface area contributed by atoms with E-state index in [-0.39, 0.29) is 23.4 Å². The van der Waals surface area contributed by atoms with Crippen LogP contribution < -0.4 is 10.6 Å². The highest BCUT2D eigenvalue weighted by molar-refractivity contribution is 7.99. The molecule has 2 aromatic heterocycles. The SMILES string of the molecule is [C-]#[N+]c1ccc(-c2cccc(Sc3cnc(N4CCC5(CC4)CO[C@@H](C)[C@H]5N)cn3)c2Cl)o1. The van der Waals surface area contributed by atoms with Crippen molar-refractivity contribution in [2.24, 2.45) is 11.1 Å². The van der Waals surface area contributed by atoms with Gasteiger partial charge in [-0.05, 0) is 44.0 Å². The lowest BCUT2D eigenvalue weighted by molar-refractivity contribution is 0.0974. The summed E-state index contributed by atoms with van der Waals surface area (Å²) in [4.78, 5) is 15.7. The Hall–Kier alpha value is -2.57. The number of piperidine rings is 1. The second-order valence-corrected chi connectivity index (χ2v) is 10.0. The van der Waals surface area contributed by atoms with Gasteiger partial charge in [0.2, 0.25) is 0 Å². The normalized spacial score (nSPS) is 21.9. The van der Waals surface area contributed by atoms with Crippen LogP contribution in [0.15, 0.2) is 57.1 Å². The van der Waals surface area contributed by atoms with Crippen LogP contribution in [0.25, 0.3) is 16.2 Å². The van der Waals surface area contributed by atoms with Crippen molar-refractivity contribution in [2.75, 3.05) is 24.6 Å². The van der Waals surface area contributed by atoms with Gasteiger partial charge in [0.05, 0.1) is 36.7 Å². The van der Waals surface area contributed by atoms with E-state index in [0.29, 0.717) is 10.8 Å². The average Bonchev–Trinajstić information content (AvgIpc) is 3.43. The van der Waals surface area contributed by atoms with Crippen molar-refractivity contribution in [2.45, 2.75) is 41.8 Å². The highest BCUT2D eigenvalue weighted by Crippen LogP contribution is 2.42. The number of aromatic nitrogens is 2. The molecule has 2 aliphatic heterocycles. The Bertz CT molecular complexity index is 1180. The third-order valence-electron chi connectivity index (χ3n) is 6.69. The molecule has 2 saturated heterocycles. The molecule has 2 atom stereocenters. The highest BCUT2D eigenvalue weighted by atomic mass is 35.5. The number of benzene rings is 1. The van der Waals surface area contributed by atoms with E-state index >= 15 is 0 Å². The largest absolute Gasteiger partial charge is 0.480 e. The Morgan fingerprint density at radius 3 is 2.67 bits per heavy atom. The first-order valence-electron chi connectivity index (χ1n) is 10.9. The predicted molar refractivity (Wildman–Crippen MR) is 129 cm³/mol. The number of hydrogen-bond donors (Lipinski definition) is 1. The third-order valence-corrected chi connectivity index (χ3v) is 8.19. The molecule has 2 fully saturated rings. The number of rotatable bonds is 4. The molecule has 33 heavy (non-hydrogen) atoms. The van der Waals surface area contributed by atoms with E-state index in [1.165, 1.54) is 11.8 Å². The molecule has 2 N–H and O–H groups in total. The molecular weight excluding hydrogens is 458 g/mol. The van der Waals surface area contributed by atoms with Gasteiger partial charge < -0.3 is 19.8 Å². The van der Waals surface area contributed by atoms with Crippen LogP contribution >= 0.6 is 23.4 Å². The van der Waals surface area contributed by atoms with Crippen LogP contribution in [0.5, 0.6) is 0 Å². The van der Waals surface area contributed by atoms with Crippen molar-refractivity contribution in [3.63, 3.8) is 0 Å². The van der Waals surface area contributed by atoms with Gasteiger partial charge in [0, 0.05) is 35.0 Å². The monoisotopic (exact) mass is 481 g/mol. The number of nitrogens with two attached hydrogens (primary N) is 1. The minimum atomic E-state index is 0.0877. The minimum Gasteiger partial charge on any atom is -0.480 e. The third kappa shape index (κ3) is 4.22. The fourth-order valence-electron chi connectivity index (χ4n) is 4.60. The fourth-order valence-corrected chi connectivity index (χ4v) is 5.72. The number of furan rings is 1. The number of ether oxygens (including phenoxy) is 1. The smallest absolute Gasteiger partial charge is 0.346 e. The van der Waals surface area contributed by atoms with E-state index in [1.54, 1.807) is 18.3 Å².